The summed E-state index contributed by atoms with van der Waals surface area (Å²) in [5, 5.41) is 23.1. The van der Waals surface area contributed by atoms with Crippen LogP contribution in [-0.2, 0) is 12.8 Å². The lowest BCUT2D eigenvalue weighted by Crippen LogP contribution is -2.00. The summed E-state index contributed by atoms with van der Waals surface area (Å²) < 4.78 is 29.5. The van der Waals surface area contributed by atoms with Gasteiger partial charge in [0, 0.05) is 54.8 Å². The van der Waals surface area contributed by atoms with Crippen LogP contribution in [0.25, 0.3) is 0 Å². The molecule has 4 aromatic carbocycles. The molecular formula is C26H16Br2F2N2O4S. The van der Waals surface area contributed by atoms with Gasteiger partial charge in [0.25, 0.3) is 11.4 Å². The topological polar surface area (TPSA) is 86.3 Å². The normalized spacial score (nSPS) is 10.9. The summed E-state index contributed by atoms with van der Waals surface area (Å²) in [5.74, 6) is -0.993. The molecule has 0 spiro atoms. The molecule has 0 saturated carbocycles. The first-order chi connectivity index (χ1) is 17.6. The van der Waals surface area contributed by atoms with Crippen molar-refractivity contribution in [1.29, 1.82) is 0 Å². The van der Waals surface area contributed by atoms with Crippen LogP contribution in [0.15, 0.2) is 91.5 Å². The average molecular weight is 650 g/mol. The lowest BCUT2D eigenvalue weighted by atomic mass is 10.0. The predicted octanol–water partition coefficient (Wildman–Crippen LogP) is 8.64. The number of nitro benzene ring substituents is 2. The second-order valence-corrected chi connectivity index (χ2v) is 10.9. The molecule has 4 rings (SSSR count). The molecular weight excluding hydrogens is 634 g/mol. The number of rotatable bonds is 8. The van der Waals surface area contributed by atoms with Crippen LogP contribution in [0.3, 0.4) is 0 Å². The molecule has 4 aromatic rings. The Labute approximate surface area is 231 Å². The second kappa shape index (κ2) is 11.5. The van der Waals surface area contributed by atoms with Gasteiger partial charge in [-0.1, -0.05) is 55.8 Å². The third kappa shape index (κ3) is 6.60. The van der Waals surface area contributed by atoms with Gasteiger partial charge in [0.05, 0.1) is 9.85 Å². The Balaban J connectivity index is 1.72. The molecule has 6 nitrogen and oxygen atoms in total. The fourth-order valence-corrected chi connectivity index (χ4v) is 5.54. The second-order valence-electron chi connectivity index (χ2n) is 8.02. The number of benzene rings is 4. The Hall–Kier alpha value is -3.15. The van der Waals surface area contributed by atoms with Gasteiger partial charge in [-0.05, 0) is 59.7 Å². The van der Waals surface area contributed by atoms with Gasteiger partial charge in [0.15, 0.2) is 0 Å². The van der Waals surface area contributed by atoms with E-state index in [1.54, 1.807) is 36.4 Å². The van der Waals surface area contributed by atoms with E-state index in [4.69, 9.17) is 0 Å². The minimum atomic E-state index is -0.496. The molecule has 0 atom stereocenters. The molecule has 0 fully saturated rings. The van der Waals surface area contributed by atoms with E-state index in [1.165, 1.54) is 48.2 Å². The van der Waals surface area contributed by atoms with E-state index in [0.717, 1.165) is 0 Å². The van der Waals surface area contributed by atoms with Crippen LogP contribution >= 0.6 is 43.6 Å². The van der Waals surface area contributed by atoms with Crippen molar-refractivity contribution in [2.45, 2.75) is 22.6 Å². The molecule has 0 unspecified atom stereocenters. The third-order valence-corrected chi connectivity index (χ3v) is 7.74. The van der Waals surface area contributed by atoms with Gasteiger partial charge in [-0.25, -0.2) is 8.78 Å². The van der Waals surface area contributed by atoms with Crippen molar-refractivity contribution in [3.63, 3.8) is 0 Å². The zero-order valence-electron chi connectivity index (χ0n) is 18.8. The standard InChI is InChI=1S/C26H16Br2F2N2O4S/c27-19-3-1-15(23(13-19)31(33)34)9-17-11-21(29)5-7-25(17)37-26-8-6-22(30)12-18(26)10-16-2-4-20(28)14-24(16)32(35)36/h1-8,11-14H,9-10H2. The first-order valence-electron chi connectivity index (χ1n) is 10.7. The number of hydrogen-bond acceptors (Lipinski definition) is 5. The molecule has 0 heterocycles. The van der Waals surface area contributed by atoms with E-state index in [0.29, 0.717) is 41.0 Å². The van der Waals surface area contributed by atoms with Crippen LogP contribution in [0.1, 0.15) is 22.3 Å². The van der Waals surface area contributed by atoms with Crippen molar-refractivity contribution in [1.82, 2.24) is 0 Å². The highest BCUT2D eigenvalue weighted by Crippen LogP contribution is 2.37. The van der Waals surface area contributed by atoms with Crippen molar-refractivity contribution in [2.24, 2.45) is 0 Å². The van der Waals surface area contributed by atoms with Crippen molar-refractivity contribution < 1.29 is 18.6 Å². The van der Waals surface area contributed by atoms with E-state index >= 15 is 0 Å². The molecule has 0 radical (unpaired) electrons. The van der Waals surface area contributed by atoms with Gasteiger partial charge in [0.1, 0.15) is 11.6 Å². The highest BCUT2D eigenvalue weighted by molar-refractivity contribution is 9.10. The van der Waals surface area contributed by atoms with E-state index in [9.17, 15) is 29.0 Å². The monoisotopic (exact) mass is 648 g/mol. The minimum Gasteiger partial charge on any atom is -0.258 e. The smallest absolute Gasteiger partial charge is 0.258 e. The first-order valence-corrected chi connectivity index (χ1v) is 13.1. The Morgan fingerprint density at radius 3 is 1.41 bits per heavy atom. The molecule has 188 valence electrons. The van der Waals surface area contributed by atoms with Gasteiger partial charge in [-0.3, -0.25) is 20.2 Å². The van der Waals surface area contributed by atoms with E-state index in [-0.39, 0.29) is 24.2 Å². The van der Waals surface area contributed by atoms with Crippen LogP contribution in [-0.4, -0.2) is 9.85 Å². The van der Waals surface area contributed by atoms with Gasteiger partial charge in [-0.2, -0.15) is 0 Å². The molecule has 0 amide bonds. The number of halogens is 4. The largest absolute Gasteiger partial charge is 0.274 e. The van der Waals surface area contributed by atoms with Crippen LogP contribution in [0.2, 0.25) is 0 Å². The summed E-state index contributed by atoms with van der Waals surface area (Å²) >= 11 is 7.71. The summed E-state index contributed by atoms with van der Waals surface area (Å²) in [6.07, 6.45) is 0.191. The Morgan fingerprint density at radius 1 is 0.622 bits per heavy atom. The molecule has 0 bridgehead atoms. The summed E-state index contributed by atoms with van der Waals surface area (Å²) in [7, 11) is 0. The van der Waals surface area contributed by atoms with E-state index in [1.807, 2.05) is 0 Å². The zero-order chi connectivity index (χ0) is 26.7. The molecule has 11 heteroatoms. The van der Waals surface area contributed by atoms with E-state index < -0.39 is 21.5 Å². The fourth-order valence-electron chi connectivity index (χ4n) is 3.81. The van der Waals surface area contributed by atoms with E-state index in [2.05, 4.69) is 31.9 Å². The predicted molar refractivity (Wildman–Crippen MR) is 144 cm³/mol. The van der Waals surface area contributed by atoms with Gasteiger partial charge < -0.3 is 0 Å². The molecule has 0 aliphatic rings. The summed E-state index contributed by atoms with van der Waals surface area (Å²) in [4.78, 5) is 23.4. The maximum Gasteiger partial charge on any atom is 0.274 e. The summed E-state index contributed by atoms with van der Waals surface area (Å²) in [6.45, 7) is 0. The maximum atomic E-state index is 14.2. The van der Waals surface area contributed by atoms with Crippen molar-refractivity contribution >= 4 is 55.0 Å². The van der Waals surface area contributed by atoms with Crippen LogP contribution in [0.5, 0.6) is 0 Å². The van der Waals surface area contributed by atoms with Crippen molar-refractivity contribution in [2.75, 3.05) is 0 Å². The van der Waals surface area contributed by atoms with Gasteiger partial charge in [-0.15, -0.1) is 0 Å². The third-order valence-electron chi connectivity index (χ3n) is 5.51. The Bertz CT molecular complexity index is 1420. The maximum absolute atomic E-state index is 14.2. The van der Waals surface area contributed by atoms with Gasteiger partial charge in [0.2, 0.25) is 0 Å². The van der Waals surface area contributed by atoms with Gasteiger partial charge >= 0.3 is 0 Å². The number of nitro groups is 2. The summed E-state index contributed by atoms with van der Waals surface area (Å²) in [5.41, 5.74) is 1.65. The fraction of sp³-hybridized carbons (Fsp3) is 0.0769. The minimum absolute atomic E-state index is 0.0956. The Morgan fingerprint density at radius 2 is 1.03 bits per heavy atom. The molecule has 0 aromatic heterocycles. The van der Waals surface area contributed by atoms with Crippen molar-refractivity contribution in [3.05, 3.63) is 136 Å². The molecule has 37 heavy (non-hydrogen) atoms. The number of nitrogens with zero attached hydrogens (tertiary/aromatic N) is 2. The SMILES string of the molecule is O=[N+]([O-])c1cc(Br)ccc1Cc1cc(F)ccc1Sc1ccc(F)cc1Cc1ccc(Br)cc1[N+](=O)[O-]. The molecule has 0 aliphatic heterocycles. The van der Waals surface area contributed by atoms with Crippen LogP contribution in [0.4, 0.5) is 20.2 Å². The lowest BCUT2D eigenvalue weighted by Gasteiger charge is -2.14. The molecule has 0 aliphatic carbocycles. The molecule has 0 saturated heterocycles. The summed E-state index contributed by atoms with van der Waals surface area (Å²) in [6, 6.07) is 17.7. The lowest BCUT2D eigenvalue weighted by molar-refractivity contribution is -0.385. The number of hydrogen-bond donors (Lipinski definition) is 0. The van der Waals surface area contributed by atoms with Crippen LogP contribution in [0, 0.1) is 31.9 Å². The Kier molecular flexibility index (Phi) is 8.35. The zero-order valence-corrected chi connectivity index (χ0v) is 22.8. The molecule has 0 N–H and O–H groups in total. The van der Waals surface area contributed by atoms with Crippen LogP contribution < -0.4 is 0 Å². The first kappa shape index (κ1) is 26.9. The average Bonchev–Trinajstić information content (AvgIpc) is 2.84. The highest BCUT2D eigenvalue weighted by Gasteiger charge is 2.19. The quantitative estimate of drug-likeness (QED) is 0.141. The van der Waals surface area contributed by atoms with Crippen molar-refractivity contribution in [3.8, 4) is 0 Å². The highest BCUT2D eigenvalue weighted by atomic mass is 79.9.